The van der Waals surface area contributed by atoms with Gasteiger partial charge in [-0.05, 0) is 18.3 Å². The molecule has 1 aliphatic carbocycles. The summed E-state index contributed by atoms with van der Waals surface area (Å²) < 4.78 is 25.5. The fraction of sp³-hybridized carbons (Fsp3) is 1.00. The molecular weight excluding hydrogens is 134 g/mol. The molecule has 0 aromatic rings. The minimum Gasteiger partial charge on any atom is -0.247 e. The summed E-state index contributed by atoms with van der Waals surface area (Å²) in [4.78, 5) is 0. The Bertz CT molecular complexity index is 87.8. The lowest BCUT2D eigenvalue weighted by atomic mass is 9.81. The van der Waals surface area contributed by atoms with Crippen molar-refractivity contribution in [1.29, 1.82) is 0 Å². The van der Waals surface area contributed by atoms with E-state index in [1.54, 1.807) is 0 Å². The van der Waals surface area contributed by atoms with Crippen LogP contribution in [0.5, 0.6) is 0 Å². The fourth-order valence-corrected chi connectivity index (χ4v) is 1.56. The van der Waals surface area contributed by atoms with E-state index >= 15 is 0 Å². The zero-order chi connectivity index (χ0) is 7.72. The van der Waals surface area contributed by atoms with Crippen LogP contribution in [0.25, 0.3) is 0 Å². The zero-order valence-electron chi connectivity index (χ0n) is 6.48. The van der Waals surface area contributed by atoms with Gasteiger partial charge in [0.2, 0.25) is 0 Å². The molecule has 4 atom stereocenters. The van der Waals surface area contributed by atoms with Gasteiger partial charge in [0.15, 0.2) is 0 Å². The van der Waals surface area contributed by atoms with Crippen LogP contribution >= 0.6 is 0 Å². The van der Waals surface area contributed by atoms with E-state index in [2.05, 4.69) is 0 Å². The first-order valence-electron chi connectivity index (χ1n) is 3.89. The average Bonchev–Trinajstić information content (AvgIpc) is 1.84. The van der Waals surface area contributed by atoms with Gasteiger partial charge < -0.3 is 0 Å². The van der Waals surface area contributed by atoms with Crippen molar-refractivity contribution in [3.8, 4) is 0 Å². The smallest absolute Gasteiger partial charge is 0.105 e. The molecule has 2 heteroatoms. The van der Waals surface area contributed by atoms with Crippen molar-refractivity contribution < 1.29 is 8.78 Å². The predicted octanol–water partition coefficient (Wildman–Crippen LogP) is 2.73. The van der Waals surface area contributed by atoms with Crippen molar-refractivity contribution in [2.24, 2.45) is 11.8 Å². The van der Waals surface area contributed by atoms with Crippen molar-refractivity contribution in [1.82, 2.24) is 0 Å². The molecule has 0 saturated heterocycles. The lowest BCUT2D eigenvalue weighted by Crippen LogP contribution is -2.31. The second-order valence-corrected chi connectivity index (χ2v) is 3.46. The first-order chi connectivity index (χ1) is 4.61. The van der Waals surface area contributed by atoms with Crippen molar-refractivity contribution >= 4 is 0 Å². The average molecular weight is 148 g/mol. The molecule has 60 valence electrons. The Hall–Kier alpha value is -0.140. The first kappa shape index (κ1) is 7.96. The van der Waals surface area contributed by atoms with Gasteiger partial charge in [0.1, 0.15) is 12.3 Å². The largest absolute Gasteiger partial charge is 0.247 e. The van der Waals surface area contributed by atoms with Gasteiger partial charge in [-0.3, -0.25) is 0 Å². The van der Waals surface area contributed by atoms with Gasteiger partial charge in [-0.25, -0.2) is 8.78 Å². The molecule has 0 heterocycles. The summed E-state index contributed by atoms with van der Waals surface area (Å²) in [5, 5.41) is 0. The van der Waals surface area contributed by atoms with Crippen LogP contribution in [-0.2, 0) is 0 Å². The molecule has 0 bridgehead atoms. The van der Waals surface area contributed by atoms with Gasteiger partial charge in [-0.1, -0.05) is 13.8 Å². The summed E-state index contributed by atoms with van der Waals surface area (Å²) in [5.41, 5.74) is 0. The Labute approximate surface area is 60.6 Å². The predicted molar refractivity (Wildman–Crippen MR) is 37.4 cm³/mol. The quantitative estimate of drug-likeness (QED) is 0.495. The second-order valence-electron chi connectivity index (χ2n) is 3.46. The van der Waals surface area contributed by atoms with Gasteiger partial charge >= 0.3 is 0 Å². The summed E-state index contributed by atoms with van der Waals surface area (Å²) >= 11 is 0. The van der Waals surface area contributed by atoms with Crippen molar-refractivity contribution in [3.63, 3.8) is 0 Å². The summed E-state index contributed by atoms with van der Waals surface area (Å²) in [7, 11) is 0. The minimum absolute atomic E-state index is 0.0574. The summed E-state index contributed by atoms with van der Waals surface area (Å²) in [6.07, 6.45) is -1.01. The Morgan fingerprint density at radius 2 is 1.30 bits per heavy atom. The molecule has 0 spiro atoms. The molecule has 0 N–H and O–H groups in total. The van der Waals surface area contributed by atoms with Crippen LogP contribution in [0, 0.1) is 11.8 Å². The number of rotatable bonds is 0. The molecule has 0 nitrogen and oxygen atoms in total. The van der Waals surface area contributed by atoms with Crippen molar-refractivity contribution in [2.75, 3.05) is 0 Å². The molecule has 1 fully saturated rings. The summed E-state index contributed by atoms with van der Waals surface area (Å²) in [6, 6.07) is 0. The summed E-state index contributed by atoms with van der Waals surface area (Å²) in [6.45, 7) is 3.71. The monoisotopic (exact) mass is 148 g/mol. The standard InChI is InChI=1S/C8H14F2/c1-5-3-6(2)8(10)4-7(5)9/h5-8H,3-4H2,1-2H3. The molecule has 10 heavy (non-hydrogen) atoms. The lowest BCUT2D eigenvalue weighted by Gasteiger charge is -2.30. The molecule has 0 aliphatic heterocycles. The van der Waals surface area contributed by atoms with E-state index in [1.807, 2.05) is 13.8 Å². The number of alkyl halides is 2. The van der Waals surface area contributed by atoms with E-state index in [1.165, 1.54) is 0 Å². The number of halogens is 2. The van der Waals surface area contributed by atoms with Crippen LogP contribution in [0.1, 0.15) is 26.7 Å². The maximum absolute atomic E-state index is 12.8. The molecule has 0 amide bonds. The minimum atomic E-state index is -0.911. The third-order valence-corrected chi connectivity index (χ3v) is 2.43. The summed E-state index contributed by atoms with van der Waals surface area (Å²) in [5.74, 6) is 0.115. The Kier molecular flexibility index (Phi) is 2.27. The first-order valence-corrected chi connectivity index (χ1v) is 3.89. The molecule has 0 aromatic carbocycles. The van der Waals surface area contributed by atoms with E-state index in [-0.39, 0.29) is 18.3 Å². The third-order valence-electron chi connectivity index (χ3n) is 2.43. The van der Waals surface area contributed by atoms with Gasteiger partial charge in [-0.2, -0.15) is 0 Å². The maximum atomic E-state index is 12.8. The number of hydrogen-bond donors (Lipinski definition) is 0. The molecule has 1 aliphatic rings. The van der Waals surface area contributed by atoms with E-state index in [0.29, 0.717) is 6.42 Å². The van der Waals surface area contributed by atoms with Crippen LogP contribution in [0.2, 0.25) is 0 Å². The maximum Gasteiger partial charge on any atom is 0.105 e. The van der Waals surface area contributed by atoms with Gasteiger partial charge in [-0.15, -0.1) is 0 Å². The van der Waals surface area contributed by atoms with Crippen LogP contribution in [-0.4, -0.2) is 12.3 Å². The van der Waals surface area contributed by atoms with Gasteiger partial charge in [0, 0.05) is 6.42 Å². The van der Waals surface area contributed by atoms with Crippen LogP contribution in [0.4, 0.5) is 8.78 Å². The number of hydrogen-bond acceptors (Lipinski definition) is 0. The topological polar surface area (TPSA) is 0 Å². The normalized spacial score (nSPS) is 49.2. The molecule has 1 saturated carbocycles. The van der Waals surface area contributed by atoms with E-state index in [4.69, 9.17) is 0 Å². The molecule has 0 aromatic heterocycles. The molecular formula is C8H14F2. The second kappa shape index (κ2) is 2.85. The molecule has 0 radical (unpaired) electrons. The zero-order valence-corrected chi connectivity index (χ0v) is 6.48. The molecule has 1 rings (SSSR count). The fourth-order valence-electron chi connectivity index (χ4n) is 1.56. The molecule has 4 unspecified atom stereocenters. The van der Waals surface area contributed by atoms with Crippen molar-refractivity contribution in [3.05, 3.63) is 0 Å². The van der Waals surface area contributed by atoms with Crippen molar-refractivity contribution in [2.45, 2.75) is 39.0 Å². The van der Waals surface area contributed by atoms with E-state index < -0.39 is 12.3 Å². The third kappa shape index (κ3) is 1.47. The van der Waals surface area contributed by atoms with Crippen LogP contribution in [0.3, 0.4) is 0 Å². The Morgan fingerprint density at radius 1 is 0.900 bits per heavy atom. The highest BCUT2D eigenvalue weighted by Gasteiger charge is 2.32. The Balaban J connectivity index is 2.46. The SMILES string of the molecule is CC1CC(C)C(F)CC1F. The van der Waals surface area contributed by atoms with E-state index in [0.717, 1.165) is 0 Å². The Morgan fingerprint density at radius 3 is 1.60 bits per heavy atom. The highest BCUT2D eigenvalue weighted by Crippen LogP contribution is 2.32. The highest BCUT2D eigenvalue weighted by atomic mass is 19.1. The van der Waals surface area contributed by atoms with Crippen LogP contribution in [0.15, 0.2) is 0 Å². The van der Waals surface area contributed by atoms with E-state index in [9.17, 15) is 8.78 Å². The van der Waals surface area contributed by atoms with Gasteiger partial charge in [0.25, 0.3) is 0 Å². The van der Waals surface area contributed by atoms with Crippen LogP contribution < -0.4 is 0 Å². The lowest BCUT2D eigenvalue weighted by molar-refractivity contribution is 0.0685. The highest BCUT2D eigenvalue weighted by molar-refractivity contribution is 4.81. The van der Waals surface area contributed by atoms with Gasteiger partial charge in [0.05, 0.1) is 0 Å².